The lowest BCUT2D eigenvalue weighted by atomic mass is 10.2. The van der Waals surface area contributed by atoms with Crippen molar-refractivity contribution < 1.29 is 4.79 Å². The predicted molar refractivity (Wildman–Crippen MR) is 65.9 cm³/mol. The van der Waals surface area contributed by atoms with Gasteiger partial charge in [-0.3, -0.25) is 9.69 Å². The molecular weight excluding hydrogens is 216 g/mol. The van der Waals surface area contributed by atoms with Crippen LogP contribution in [0.15, 0.2) is 12.4 Å². The van der Waals surface area contributed by atoms with E-state index in [1.807, 2.05) is 10.8 Å². The van der Waals surface area contributed by atoms with Crippen molar-refractivity contribution in [3.05, 3.63) is 18.2 Å². The summed E-state index contributed by atoms with van der Waals surface area (Å²) in [6.45, 7) is 7.39. The van der Waals surface area contributed by atoms with E-state index >= 15 is 0 Å². The molecule has 1 N–H and O–H groups in total. The van der Waals surface area contributed by atoms with Gasteiger partial charge < -0.3 is 9.88 Å². The molecule has 1 saturated heterocycles. The van der Waals surface area contributed by atoms with Crippen LogP contribution in [0.2, 0.25) is 0 Å². The number of nitrogens with one attached hydrogen (secondary N) is 1. The Morgan fingerprint density at radius 1 is 1.47 bits per heavy atom. The third-order valence-electron chi connectivity index (χ3n) is 3.11. The van der Waals surface area contributed by atoms with Gasteiger partial charge in [-0.15, -0.1) is 0 Å². The maximum absolute atomic E-state index is 11.9. The van der Waals surface area contributed by atoms with Crippen LogP contribution >= 0.6 is 0 Å². The van der Waals surface area contributed by atoms with Gasteiger partial charge in [0.2, 0.25) is 0 Å². The molecule has 1 aliphatic rings. The van der Waals surface area contributed by atoms with Crippen LogP contribution in [-0.2, 0) is 17.8 Å². The first-order valence-electron chi connectivity index (χ1n) is 6.24. The Labute approximate surface area is 102 Å². The fourth-order valence-corrected chi connectivity index (χ4v) is 2.15. The van der Waals surface area contributed by atoms with Crippen LogP contribution in [0.3, 0.4) is 0 Å². The summed E-state index contributed by atoms with van der Waals surface area (Å²) in [6.07, 6.45) is 4.13. The summed E-state index contributed by atoms with van der Waals surface area (Å²) in [5.74, 6) is 1.14. The maximum Gasteiger partial charge on any atom is 0.154 e. The van der Waals surface area contributed by atoms with E-state index < -0.39 is 0 Å². The Bertz CT molecular complexity index is 368. The summed E-state index contributed by atoms with van der Waals surface area (Å²) in [5.41, 5.74) is 0. The highest BCUT2D eigenvalue weighted by atomic mass is 16.1. The molecule has 17 heavy (non-hydrogen) atoms. The molecule has 5 heteroatoms. The maximum atomic E-state index is 11.9. The average Bonchev–Trinajstić information content (AvgIpc) is 2.77. The Kier molecular flexibility index (Phi) is 4.28. The molecule has 0 bridgehead atoms. The Hall–Kier alpha value is -1.20. The van der Waals surface area contributed by atoms with Crippen molar-refractivity contribution >= 4 is 5.78 Å². The van der Waals surface area contributed by atoms with Crippen LogP contribution in [0.4, 0.5) is 0 Å². The fourth-order valence-electron chi connectivity index (χ4n) is 2.15. The van der Waals surface area contributed by atoms with Crippen LogP contribution in [0.1, 0.15) is 12.7 Å². The second-order valence-corrected chi connectivity index (χ2v) is 4.37. The highest BCUT2D eigenvalue weighted by Crippen LogP contribution is 2.01. The second-order valence-electron chi connectivity index (χ2n) is 4.37. The van der Waals surface area contributed by atoms with E-state index in [1.54, 1.807) is 6.20 Å². The van der Waals surface area contributed by atoms with Crippen LogP contribution in [-0.4, -0.2) is 53.0 Å². The number of imidazole rings is 1. The highest BCUT2D eigenvalue weighted by molar-refractivity contribution is 5.82. The lowest BCUT2D eigenvalue weighted by Gasteiger charge is -2.26. The van der Waals surface area contributed by atoms with E-state index in [0.29, 0.717) is 13.0 Å². The summed E-state index contributed by atoms with van der Waals surface area (Å²) in [5, 5.41) is 3.28. The van der Waals surface area contributed by atoms with Crippen molar-refractivity contribution in [2.24, 2.45) is 0 Å². The number of aromatic nitrogens is 2. The van der Waals surface area contributed by atoms with Crippen LogP contribution in [0.25, 0.3) is 0 Å². The van der Waals surface area contributed by atoms with Crippen molar-refractivity contribution in [3.63, 3.8) is 0 Å². The molecule has 2 rings (SSSR count). The zero-order valence-electron chi connectivity index (χ0n) is 10.4. The first-order valence-corrected chi connectivity index (χ1v) is 6.24. The number of ketones is 1. The van der Waals surface area contributed by atoms with Gasteiger partial charge in [0, 0.05) is 45.1 Å². The lowest BCUT2D eigenvalue weighted by molar-refractivity contribution is -0.119. The molecule has 0 aromatic carbocycles. The predicted octanol–water partition coefficient (Wildman–Crippen LogP) is -0.0802. The molecule has 94 valence electrons. The molecule has 0 unspecified atom stereocenters. The van der Waals surface area contributed by atoms with Gasteiger partial charge in [-0.2, -0.15) is 0 Å². The molecule has 0 aliphatic carbocycles. The molecule has 0 spiro atoms. The van der Waals surface area contributed by atoms with Gasteiger partial charge in [-0.05, 0) is 6.92 Å². The molecule has 1 aliphatic heterocycles. The SMILES string of the molecule is CCn1ccnc1CC(=O)CN1CCNCC1. The van der Waals surface area contributed by atoms with Gasteiger partial charge in [-0.25, -0.2) is 4.98 Å². The van der Waals surface area contributed by atoms with Crippen molar-refractivity contribution in [1.29, 1.82) is 0 Å². The number of piperazine rings is 1. The monoisotopic (exact) mass is 236 g/mol. The van der Waals surface area contributed by atoms with Crippen molar-refractivity contribution in [1.82, 2.24) is 19.8 Å². The van der Waals surface area contributed by atoms with Crippen LogP contribution in [0.5, 0.6) is 0 Å². The number of hydrogen-bond acceptors (Lipinski definition) is 4. The molecule has 1 aromatic heterocycles. The summed E-state index contributed by atoms with van der Waals surface area (Å²) >= 11 is 0. The third-order valence-corrected chi connectivity index (χ3v) is 3.11. The van der Waals surface area contributed by atoms with E-state index in [2.05, 4.69) is 22.1 Å². The number of carbonyl (C=O) groups is 1. The zero-order chi connectivity index (χ0) is 12.1. The van der Waals surface area contributed by atoms with Gasteiger partial charge >= 0.3 is 0 Å². The minimum Gasteiger partial charge on any atom is -0.335 e. The van der Waals surface area contributed by atoms with E-state index in [0.717, 1.165) is 38.5 Å². The summed E-state index contributed by atoms with van der Waals surface area (Å²) in [7, 11) is 0. The first-order chi connectivity index (χ1) is 8.29. The van der Waals surface area contributed by atoms with Crippen LogP contribution < -0.4 is 5.32 Å². The molecule has 0 saturated carbocycles. The number of nitrogens with zero attached hydrogens (tertiary/aromatic N) is 3. The van der Waals surface area contributed by atoms with E-state index in [9.17, 15) is 4.79 Å². The minimum absolute atomic E-state index is 0.257. The Morgan fingerprint density at radius 2 is 2.24 bits per heavy atom. The normalized spacial score (nSPS) is 17.2. The number of rotatable bonds is 5. The Morgan fingerprint density at radius 3 is 2.94 bits per heavy atom. The van der Waals surface area contributed by atoms with Gasteiger partial charge in [0.15, 0.2) is 5.78 Å². The quantitative estimate of drug-likeness (QED) is 0.777. The number of aryl methyl sites for hydroxylation is 1. The molecule has 5 nitrogen and oxygen atoms in total. The van der Waals surface area contributed by atoms with Crippen molar-refractivity contribution in [2.75, 3.05) is 32.7 Å². The molecule has 2 heterocycles. The summed E-state index contributed by atoms with van der Waals surface area (Å²) < 4.78 is 2.02. The number of carbonyl (C=O) groups excluding carboxylic acids is 1. The zero-order valence-corrected chi connectivity index (χ0v) is 10.4. The topological polar surface area (TPSA) is 50.2 Å². The highest BCUT2D eigenvalue weighted by Gasteiger charge is 2.15. The summed E-state index contributed by atoms with van der Waals surface area (Å²) in [4.78, 5) is 18.4. The lowest BCUT2D eigenvalue weighted by Crippen LogP contribution is -2.45. The second kappa shape index (κ2) is 5.93. The molecular formula is C12H20N4O. The smallest absolute Gasteiger partial charge is 0.154 e. The standard InChI is InChI=1S/C12H20N4O/c1-2-16-8-5-14-12(16)9-11(17)10-15-6-3-13-4-7-15/h5,8,13H,2-4,6-7,9-10H2,1H3. The van der Waals surface area contributed by atoms with E-state index in [-0.39, 0.29) is 5.78 Å². The average molecular weight is 236 g/mol. The third kappa shape index (κ3) is 3.38. The first kappa shape index (κ1) is 12.3. The number of Topliss-reactive ketones (excluding diaryl/α,β-unsaturated/α-hetero) is 1. The molecule has 0 amide bonds. The number of hydrogen-bond donors (Lipinski definition) is 1. The van der Waals surface area contributed by atoms with Crippen molar-refractivity contribution in [2.45, 2.75) is 19.9 Å². The largest absolute Gasteiger partial charge is 0.335 e. The van der Waals surface area contributed by atoms with E-state index in [1.165, 1.54) is 0 Å². The molecule has 1 aromatic rings. The summed E-state index contributed by atoms with van der Waals surface area (Å²) in [6, 6.07) is 0. The van der Waals surface area contributed by atoms with Gasteiger partial charge in [-0.1, -0.05) is 0 Å². The van der Waals surface area contributed by atoms with E-state index in [4.69, 9.17) is 0 Å². The molecule has 1 fully saturated rings. The van der Waals surface area contributed by atoms with Crippen LogP contribution in [0, 0.1) is 0 Å². The van der Waals surface area contributed by atoms with Crippen molar-refractivity contribution in [3.8, 4) is 0 Å². The fraction of sp³-hybridized carbons (Fsp3) is 0.667. The Balaban J connectivity index is 1.84. The molecule has 0 radical (unpaired) electrons. The molecule has 0 atom stereocenters. The van der Waals surface area contributed by atoms with Gasteiger partial charge in [0.1, 0.15) is 5.82 Å². The minimum atomic E-state index is 0.257. The van der Waals surface area contributed by atoms with Gasteiger partial charge in [0.25, 0.3) is 0 Å². The van der Waals surface area contributed by atoms with Gasteiger partial charge in [0.05, 0.1) is 13.0 Å².